The summed E-state index contributed by atoms with van der Waals surface area (Å²) in [7, 11) is 3.33. The number of allylic oxidation sites excluding steroid dienone is 1. The maximum absolute atomic E-state index is 13.7. The quantitative estimate of drug-likeness (QED) is 0.650. The molecule has 0 saturated heterocycles. The Hall–Kier alpha value is -2.29. The molecule has 1 fully saturated rings. The van der Waals surface area contributed by atoms with Crippen LogP contribution in [0.25, 0.3) is 0 Å². The number of rotatable bonds is 5. The molecule has 2 aromatic rings. The number of methoxy groups -OCH3 is 1. The van der Waals surface area contributed by atoms with Gasteiger partial charge in [0.15, 0.2) is 10.8 Å². The predicted molar refractivity (Wildman–Crippen MR) is 120 cm³/mol. The van der Waals surface area contributed by atoms with Crippen molar-refractivity contribution < 1.29 is 13.9 Å². The lowest BCUT2D eigenvalue weighted by Crippen LogP contribution is -2.39. The van der Waals surface area contributed by atoms with Gasteiger partial charge in [-0.2, -0.15) is 0 Å². The van der Waals surface area contributed by atoms with Crippen molar-refractivity contribution >= 4 is 34.7 Å². The fraction of sp³-hybridized carbons (Fsp3) is 0.409. The second kappa shape index (κ2) is 9.46. The van der Waals surface area contributed by atoms with Crippen molar-refractivity contribution in [1.82, 2.24) is 15.6 Å². The molecular formula is C22H24ClFN4O2S. The SMILES string of the molecule is CNC1CCC(C2=C(C(=O)OC)C(c3ccc(F)cc3Cl)N=C(c3nccs3)N2)CC1. The highest BCUT2D eigenvalue weighted by molar-refractivity contribution is 7.11. The van der Waals surface area contributed by atoms with E-state index in [1.165, 1.54) is 30.6 Å². The van der Waals surface area contributed by atoms with Crippen LogP contribution in [0, 0.1) is 11.7 Å². The Bertz CT molecular complexity index is 1020. The van der Waals surface area contributed by atoms with Crippen LogP contribution in [0.15, 0.2) is 46.0 Å². The van der Waals surface area contributed by atoms with E-state index in [4.69, 9.17) is 21.3 Å². The first-order valence-corrected chi connectivity index (χ1v) is 11.5. The van der Waals surface area contributed by atoms with E-state index in [1.54, 1.807) is 12.3 Å². The molecule has 0 bridgehead atoms. The number of thiazole rings is 1. The minimum absolute atomic E-state index is 0.144. The van der Waals surface area contributed by atoms with E-state index in [0.717, 1.165) is 31.4 Å². The molecule has 31 heavy (non-hydrogen) atoms. The number of esters is 1. The molecule has 2 N–H and O–H groups in total. The van der Waals surface area contributed by atoms with Gasteiger partial charge >= 0.3 is 5.97 Å². The number of ether oxygens (including phenoxy) is 1. The van der Waals surface area contributed by atoms with E-state index in [-0.39, 0.29) is 10.9 Å². The van der Waals surface area contributed by atoms with Crippen molar-refractivity contribution in [1.29, 1.82) is 0 Å². The van der Waals surface area contributed by atoms with Crippen LogP contribution in [0.3, 0.4) is 0 Å². The summed E-state index contributed by atoms with van der Waals surface area (Å²) in [5.41, 5.74) is 1.77. The highest BCUT2D eigenvalue weighted by atomic mass is 35.5. The topological polar surface area (TPSA) is 75.6 Å². The fourth-order valence-corrected chi connectivity index (χ4v) is 5.15. The molecule has 2 heterocycles. The third-order valence-electron chi connectivity index (χ3n) is 5.92. The number of carbonyl (C=O) groups excluding carboxylic acids is 1. The van der Waals surface area contributed by atoms with Gasteiger partial charge in [0.2, 0.25) is 0 Å². The van der Waals surface area contributed by atoms with Gasteiger partial charge < -0.3 is 15.4 Å². The van der Waals surface area contributed by atoms with Crippen LogP contribution >= 0.6 is 22.9 Å². The third kappa shape index (κ3) is 4.51. The van der Waals surface area contributed by atoms with Crippen molar-refractivity contribution in [2.24, 2.45) is 10.9 Å². The molecule has 1 atom stereocenters. The van der Waals surface area contributed by atoms with Crippen LogP contribution in [0.1, 0.15) is 42.3 Å². The summed E-state index contributed by atoms with van der Waals surface area (Å²) in [6.45, 7) is 0. The van der Waals surface area contributed by atoms with Gasteiger partial charge in [-0.05, 0) is 50.8 Å². The predicted octanol–water partition coefficient (Wildman–Crippen LogP) is 4.23. The average Bonchev–Trinajstić information content (AvgIpc) is 3.33. The van der Waals surface area contributed by atoms with Crippen LogP contribution < -0.4 is 10.6 Å². The van der Waals surface area contributed by atoms with Crippen molar-refractivity contribution in [3.05, 3.63) is 62.5 Å². The summed E-state index contributed by atoms with van der Waals surface area (Å²) in [6, 6.07) is 3.91. The van der Waals surface area contributed by atoms with Crippen molar-refractivity contribution in [3.63, 3.8) is 0 Å². The molecule has 0 spiro atoms. The average molecular weight is 463 g/mol. The molecule has 1 saturated carbocycles. The van der Waals surface area contributed by atoms with Crippen LogP contribution in [0.2, 0.25) is 5.02 Å². The highest BCUT2D eigenvalue weighted by Gasteiger charge is 2.37. The Balaban J connectivity index is 1.83. The second-order valence-corrected chi connectivity index (χ2v) is 8.97. The first-order chi connectivity index (χ1) is 15.0. The van der Waals surface area contributed by atoms with Crippen molar-refractivity contribution in [3.8, 4) is 0 Å². The number of aromatic nitrogens is 1. The minimum Gasteiger partial charge on any atom is -0.466 e. The number of halogens is 2. The molecular weight excluding hydrogens is 439 g/mol. The molecule has 0 radical (unpaired) electrons. The maximum atomic E-state index is 13.7. The number of nitrogens with zero attached hydrogens (tertiary/aromatic N) is 2. The zero-order valence-corrected chi connectivity index (χ0v) is 18.9. The Morgan fingerprint density at radius 3 is 2.71 bits per heavy atom. The van der Waals surface area contributed by atoms with E-state index < -0.39 is 17.8 Å². The normalized spacial score (nSPS) is 23.9. The van der Waals surface area contributed by atoms with E-state index in [0.29, 0.717) is 28.0 Å². The summed E-state index contributed by atoms with van der Waals surface area (Å²) in [5.74, 6) is -0.184. The number of hydrogen-bond acceptors (Lipinski definition) is 7. The van der Waals surface area contributed by atoms with Gasteiger partial charge in [0, 0.05) is 33.9 Å². The Morgan fingerprint density at radius 1 is 1.32 bits per heavy atom. The monoisotopic (exact) mass is 462 g/mol. The van der Waals surface area contributed by atoms with Crippen LogP contribution in [-0.4, -0.2) is 37.0 Å². The summed E-state index contributed by atoms with van der Waals surface area (Å²) in [5, 5.41) is 9.54. The zero-order valence-electron chi connectivity index (χ0n) is 17.3. The first-order valence-electron chi connectivity index (χ1n) is 10.2. The molecule has 0 amide bonds. The highest BCUT2D eigenvalue weighted by Crippen LogP contribution is 2.41. The zero-order chi connectivity index (χ0) is 22.0. The van der Waals surface area contributed by atoms with Crippen molar-refractivity contribution in [2.75, 3.05) is 14.2 Å². The van der Waals surface area contributed by atoms with Crippen molar-refractivity contribution in [2.45, 2.75) is 37.8 Å². The van der Waals surface area contributed by atoms with Crippen LogP contribution in [0.5, 0.6) is 0 Å². The number of carbonyl (C=O) groups is 1. The summed E-state index contributed by atoms with van der Waals surface area (Å²) in [4.78, 5) is 22.1. The molecule has 2 aliphatic rings. The molecule has 164 valence electrons. The van der Waals surface area contributed by atoms with Gasteiger partial charge in [-0.25, -0.2) is 14.2 Å². The number of amidine groups is 1. The van der Waals surface area contributed by atoms with Gasteiger partial charge in [0.1, 0.15) is 11.9 Å². The third-order valence-corrected chi connectivity index (χ3v) is 7.02. The summed E-state index contributed by atoms with van der Waals surface area (Å²) >= 11 is 7.85. The smallest absolute Gasteiger partial charge is 0.338 e. The molecule has 1 aliphatic heterocycles. The lowest BCUT2D eigenvalue weighted by atomic mass is 9.80. The molecule has 9 heteroatoms. The van der Waals surface area contributed by atoms with E-state index in [2.05, 4.69) is 15.6 Å². The lowest BCUT2D eigenvalue weighted by Gasteiger charge is -2.35. The summed E-state index contributed by atoms with van der Waals surface area (Å²) < 4.78 is 18.9. The molecule has 4 rings (SSSR count). The number of aliphatic imine (C=N–C) groups is 1. The van der Waals surface area contributed by atoms with Gasteiger partial charge in [0.25, 0.3) is 0 Å². The summed E-state index contributed by atoms with van der Waals surface area (Å²) in [6.07, 6.45) is 5.56. The van der Waals surface area contributed by atoms with Gasteiger partial charge in [-0.15, -0.1) is 11.3 Å². The maximum Gasteiger partial charge on any atom is 0.338 e. The fourth-order valence-electron chi connectivity index (χ4n) is 4.29. The first kappa shape index (κ1) is 21.9. The standard InChI is InChI=1S/C22H24ClFN4O2S/c1-25-14-6-3-12(4-7-14)18-17(22(29)30-2)19(15-8-5-13(24)11-16(15)23)28-20(27-18)21-26-9-10-31-21/h5,8-12,14,19,25H,3-4,6-7H2,1-2H3,(H,27,28). The molecule has 1 aromatic carbocycles. The Labute approximate surface area is 189 Å². The van der Waals surface area contributed by atoms with E-state index in [9.17, 15) is 9.18 Å². The molecule has 1 aromatic heterocycles. The number of benzene rings is 1. The lowest BCUT2D eigenvalue weighted by molar-refractivity contribution is -0.136. The van der Waals surface area contributed by atoms with Crippen LogP contribution in [-0.2, 0) is 9.53 Å². The largest absolute Gasteiger partial charge is 0.466 e. The van der Waals surface area contributed by atoms with Crippen LogP contribution in [0.4, 0.5) is 4.39 Å². The molecule has 1 unspecified atom stereocenters. The number of hydrogen-bond donors (Lipinski definition) is 2. The van der Waals surface area contributed by atoms with Gasteiger partial charge in [-0.1, -0.05) is 17.7 Å². The van der Waals surface area contributed by atoms with E-state index in [1.807, 2.05) is 12.4 Å². The number of nitrogens with one attached hydrogen (secondary N) is 2. The van der Waals surface area contributed by atoms with Gasteiger partial charge in [-0.3, -0.25) is 4.99 Å². The second-order valence-electron chi connectivity index (χ2n) is 7.66. The Morgan fingerprint density at radius 2 is 2.10 bits per heavy atom. The molecule has 6 nitrogen and oxygen atoms in total. The Kier molecular flexibility index (Phi) is 6.69. The van der Waals surface area contributed by atoms with Gasteiger partial charge in [0.05, 0.1) is 12.7 Å². The van der Waals surface area contributed by atoms with E-state index >= 15 is 0 Å². The minimum atomic E-state index is -0.710. The molecule has 1 aliphatic carbocycles.